The Bertz CT molecular complexity index is 1090. The van der Waals surface area contributed by atoms with Gasteiger partial charge in [0.25, 0.3) is 5.91 Å². The number of carbonyl (C=O) groups is 1. The Morgan fingerprint density at radius 3 is 2.30 bits per heavy atom. The molecule has 9 heteroatoms. The standard InChI is InChI=1S/C24H30F3N5O/c1-22(2)13-28-3-4-31(22)21(33)17-8-20-29-18(9-19(24(25,26)27)32(20)30-17)23-10-14-5-15(11-23)7-16(6-14)12-23/h8-9,14-16,28H,3-7,10-13H2,1-2H3. The van der Waals surface area contributed by atoms with Crippen molar-refractivity contribution in [3.8, 4) is 0 Å². The van der Waals surface area contributed by atoms with E-state index in [0.717, 1.165) is 23.8 Å². The topological polar surface area (TPSA) is 62.5 Å². The minimum Gasteiger partial charge on any atom is -0.330 e. The third-order valence-electron chi connectivity index (χ3n) is 8.56. The van der Waals surface area contributed by atoms with Gasteiger partial charge in [-0.3, -0.25) is 4.79 Å². The maximum atomic E-state index is 14.2. The monoisotopic (exact) mass is 461 g/mol. The molecule has 6 nitrogen and oxygen atoms in total. The Kier molecular flexibility index (Phi) is 4.49. The second kappa shape index (κ2) is 6.93. The summed E-state index contributed by atoms with van der Waals surface area (Å²) < 4.78 is 43.3. The van der Waals surface area contributed by atoms with Gasteiger partial charge in [0.2, 0.25) is 0 Å². The second-order valence-corrected chi connectivity index (χ2v) is 11.5. The number of halogens is 3. The molecule has 7 rings (SSSR count). The number of alkyl halides is 3. The summed E-state index contributed by atoms with van der Waals surface area (Å²) in [6.45, 7) is 5.63. The molecule has 4 bridgehead atoms. The number of piperazine rings is 1. The number of nitrogens with zero attached hydrogens (tertiary/aromatic N) is 4. The van der Waals surface area contributed by atoms with Gasteiger partial charge < -0.3 is 10.2 Å². The van der Waals surface area contributed by atoms with Crippen LogP contribution in [0.25, 0.3) is 5.65 Å². The van der Waals surface area contributed by atoms with Crippen LogP contribution in [0.15, 0.2) is 12.1 Å². The molecule has 0 atom stereocenters. The molecule has 1 saturated heterocycles. The molecule has 0 radical (unpaired) electrons. The van der Waals surface area contributed by atoms with Crippen LogP contribution in [0.4, 0.5) is 13.2 Å². The Balaban J connectivity index is 1.45. The number of fused-ring (bicyclic) bond motifs is 1. The molecule has 1 N–H and O–H groups in total. The minimum absolute atomic E-state index is 0.0191. The van der Waals surface area contributed by atoms with E-state index in [1.54, 1.807) is 4.90 Å². The fraction of sp³-hybridized carbons (Fsp3) is 0.708. The molecule has 0 aromatic carbocycles. The van der Waals surface area contributed by atoms with E-state index in [0.29, 0.717) is 43.1 Å². The van der Waals surface area contributed by atoms with Gasteiger partial charge in [0.15, 0.2) is 11.3 Å². The highest BCUT2D eigenvalue weighted by molar-refractivity contribution is 5.94. The van der Waals surface area contributed by atoms with Crippen LogP contribution in [0.5, 0.6) is 0 Å². The molecule has 0 spiro atoms. The zero-order valence-electron chi connectivity index (χ0n) is 19.1. The van der Waals surface area contributed by atoms with E-state index < -0.39 is 17.4 Å². The first-order chi connectivity index (χ1) is 15.5. The van der Waals surface area contributed by atoms with Gasteiger partial charge in [-0.2, -0.15) is 18.3 Å². The van der Waals surface area contributed by atoms with E-state index in [2.05, 4.69) is 10.4 Å². The first kappa shape index (κ1) is 21.4. The Morgan fingerprint density at radius 1 is 1.09 bits per heavy atom. The number of amides is 1. The lowest BCUT2D eigenvalue weighted by Gasteiger charge is -2.56. The van der Waals surface area contributed by atoms with E-state index in [9.17, 15) is 18.0 Å². The summed E-state index contributed by atoms with van der Waals surface area (Å²) in [4.78, 5) is 19.7. The number of carbonyl (C=O) groups excluding carboxylic acids is 1. The van der Waals surface area contributed by atoms with Crippen molar-refractivity contribution in [2.75, 3.05) is 19.6 Å². The summed E-state index contributed by atoms with van der Waals surface area (Å²) >= 11 is 0. The van der Waals surface area contributed by atoms with Crippen LogP contribution in [-0.4, -0.2) is 50.6 Å². The van der Waals surface area contributed by atoms with Crippen molar-refractivity contribution < 1.29 is 18.0 Å². The normalized spacial score (nSPS) is 33.1. The lowest BCUT2D eigenvalue weighted by atomic mass is 9.49. The maximum Gasteiger partial charge on any atom is 0.433 e. The molecule has 1 aliphatic heterocycles. The third-order valence-corrected chi connectivity index (χ3v) is 8.56. The molecule has 2 aromatic rings. The predicted octanol–water partition coefficient (Wildman–Crippen LogP) is 4.04. The second-order valence-electron chi connectivity index (χ2n) is 11.5. The van der Waals surface area contributed by atoms with Gasteiger partial charge in [-0.25, -0.2) is 9.50 Å². The van der Waals surface area contributed by atoms with Crippen LogP contribution in [0.2, 0.25) is 0 Å². The Morgan fingerprint density at radius 2 is 1.73 bits per heavy atom. The number of nitrogens with one attached hydrogen (secondary N) is 1. The molecule has 2 aromatic heterocycles. The zero-order chi connectivity index (χ0) is 23.2. The van der Waals surface area contributed by atoms with Gasteiger partial charge >= 0.3 is 6.18 Å². The van der Waals surface area contributed by atoms with Gasteiger partial charge in [-0.05, 0) is 76.2 Å². The number of hydrogen-bond donors (Lipinski definition) is 1. The highest BCUT2D eigenvalue weighted by atomic mass is 19.4. The molecule has 4 aliphatic carbocycles. The summed E-state index contributed by atoms with van der Waals surface area (Å²) in [5, 5.41) is 7.39. The van der Waals surface area contributed by atoms with Crippen molar-refractivity contribution in [3.63, 3.8) is 0 Å². The fourth-order valence-electron chi connectivity index (χ4n) is 7.47. The highest BCUT2D eigenvalue weighted by Crippen LogP contribution is 2.60. The van der Waals surface area contributed by atoms with Crippen LogP contribution >= 0.6 is 0 Å². The van der Waals surface area contributed by atoms with Crippen molar-refractivity contribution in [1.29, 1.82) is 0 Å². The lowest BCUT2D eigenvalue weighted by Crippen LogP contribution is -2.59. The molecular formula is C24H30F3N5O. The van der Waals surface area contributed by atoms with Gasteiger partial charge in [-0.15, -0.1) is 0 Å². The average molecular weight is 462 g/mol. The van der Waals surface area contributed by atoms with Crippen LogP contribution in [0.1, 0.15) is 74.2 Å². The van der Waals surface area contributed by atoms with E-state index in [1.807, 2.05) is 13.8 Å². The van der Waals surface area contributed by atoms with E-state index in [4.69, 9.17) is 4.98 Å². The average Bonchev–Trinajstić information content (AvgIpc) is 3.15. The molecule has 178 valence electrons. The molecule has 33 heavy (non-hydrogen) atoms. The van der Waals surface area contributed by atoms with Crippen LogP contribution in [0, 0.1) is 17.8 Å². The van der Waals surface area contributed by atoms with Gasteiger partial charge in [-0.1, -0.05) is 0 Å². The van der Waals surface area contributed by atoms with Crippen molar-refractivity contribution >= 4 is 11.6 Å². The summed E-state index contributed by atoms with van der Waals surface area (Å²) in [6.07, 6.45) is 1.81. The number of hydrogen-bond acceptors (Lipinski definition) is 4. The molecule has 1 amide bonds. The Labute approximate surface area is 190 Å². The highest BCUT2D eigenvalue weighted by Gasteiger charge is 2.53. The van der Waals surface area contributed by atoms with Crippen LogP contribution in [-0.2, 0) is 11.6 Å². The summed E-state index contributed by atoms with van der Waals surface area (Å²) in [5.74, 6) is 1.44. The molecule has 4 saturated carbocycles. The lowest BCUT2D eigenvalue weighted by molar-refractivity contribution is -0.142. The van der Waals surface area contributed by atoms with E-state index >= 15 is 0 Å². The summed E-state index contributed by atoms with van der Waals surface area (Å²) in [5.41, 5.74) is -0.876. The molecular weight excluding hydrogens is 431 g/mol. The predicted molar refractivity (Wildman–Crippen MR) is 116 cm³/mol. The number of rotatable bonds is 2. The SMILES string of the molecule is CC1(C)CNCCN1C(=O)c1cc2nc(C34CC5CC(CC(C5)C3)C4)cc(C(F)(F)F)n2n1. The maximum absolute atomic E-state index is 14.2. The van der Waals surface area contributed by atoms with Crippen molar-refractivity contribution in [2.45, 2.75) is 69.5 Å². The molecule has 5 fully saturated rings. The summed E-state index contributed by atoms with van der Waals surface area (Å²) in [6, 6.07) is 2.66. The van der Waals surface area contributed by atoms with E-state index in [-0.39, 0.29) is 22.7 Å². The molecule has 3 heterocycles. The van der Waals surface area contributed by atoms with Crippen molar-refractivity contribution in [3.05, 3.63) is 29.2 Å². The quantitative estimate of drug-likeness (QED) is 0.733. The first-order valence-electron chi connectivity index (χ1n) is 12.1. The summed E-state index contributed by atoms with van der Waals surface area (Å²) in [7, 11) is 0. The smallest absolute Gasteiger partial charge is 0.330 e. The number of aromatic nitrogens is 3. The van der Waals surface area contributed by atoms with Crippen LogP contribution < -0.4 is 5.32 Å². The van der Waals surface area contributed by atoms with Gasteiger partial charge in [0, 0.05) is 31.1 Å². The van der Waals surface area contributed by atoms with Gasteiger partial charge in [0.1, 0.15) is 5.69 Å². The van der Waals surface area contributed by atoms with Crippen molar-refractivity contribution in [1.82, 2.24) is 24.8 Å². The van der Waals surface area contributed by atoms with Crippen LogP contribution in [0.3, 0.4) is 0 Å². The van der Waals surface area contributed by atoms with Crippen molar-refractivity contribution in [2.24, 2.45) is 17.8 Å². The third kappa shape index (κ3) is 3.37. The fourth-order valence-corrected chi connectivity index (χ4v) is 7.47. The van der Waals surface area contributed by atoms with Gasteiger partial charge in [0.05, 0.1) is 11.2 Å². The molecule has 5 aliphatic rings. The Hall–Kier alpha value is -2.16. The molecule has 0 unspecified atom stereocenters. The minimum atomic E-state index is -4.58. The van der Waals surface area contributed by atoms with E-state index in [1.165, 1.54) is 31.4 Å². The largest absolute Gasteiger partial charge is 0.433 e. The zero-order valence-corrected chi connectivity index (χ0v) is 19.1. The first-order valence-corrected chi connectivity index (χ1v) is 12.1.